The summed E-state index contributed by atoms with van der Waals surface area (Å²) < 4.78 is 26.7. The van der Waals surface area contributed by atoms with E-state index in [1.165, 1.54) is 24.8 Å². The van der Waals surface area contributed by atoms with E-state index >= 15 is 0 Å². The molecule has 1 fully saturated rings. The molecule has 1 aliphatic carbocycles. The van der Waals surface area contributed by atoms with Crippen LogP contribution in [0, 0.1) is 17.1 Å². The molecule has 3 heterocycles. The number of nitrogens with one attached hydrogen (secondary N) is 3. The Morgan fingerprint density at radius 1 is 1.32 bits per heavy atom. The predicted octanol–water partition coefficient (Wildman–Crippen LogP) is 2.96. The molecular formula is C28H32FN7O4. The summed E-state index contributed by atoms with van der Waals surface area (Å²) in [5, 5.41) is 13.6. The second-order valence-corrected chi connectivity index (χ2v) is 9.65. The van der Waals surface area contributed by atoms with Crippen LogP contribution in [0.15, 0.2) is 42.5 Å². The molecule has 1 aromatic carbocycles. The number of nitriles is 1. The molecule has 3 N–H and O–H groups in total. The Bertz CT molecular complexity index is 1530. The van der Waals surface area contributed by atoms with Gasteiger partial charge in [0.25, 0.3) is 5.91 Å². The van der Waals surface area contributed by atoms with Gasteiger partial charge in [0.15, 0.2) is 11.6 Å². The molecule has 2 aromatic heterocycles. The molecule has 5 rings (SSSR count). The molecule has 12 heteroatoms. The van der Waals surface area contributed by atoms with Gasteiger partial charge in [-0.15, -0.1) is 5.53 Å². The van der Waals surface area contributed by atoms with Crippen LogP contribution in [0.25, 0.3) is 5.65 Å². The Labute approximate surface area is 232 Å². The second kappa shape index (κ2) is 11.6. The normalized spacial score (nSPS) is 14.4. The number of amides is 1. The molecule has 0 bridgehead atoms. The minimum Gasteiger partial charge on any atom is -0.494 e. The van der Waals surface area contributed by atoms with Gasteiger partial charge in [0.2, 0.25) is 0 Å². The SMILES string of the molecule is CCOC(=O)CCc1cc(C2CC2)cn2cc(CN3C=C(C(=O)NCc4c(C#N)ccc(OC)c4F)NN3)nc12.[HH]. The van der Waals surface area contributed by atoms with E-state index in [0.717, 1.165) is 29.7 Å². The van der Waals surface area contributed by atoms with E-state index in [9.17, 15) is 19.2 Å². The van der Waals surface area contributed by atoms with Crippen LogP contribution in [0.5, 0.6) is 5.75 Å². The monoisotopic (exact) mass is 549 g/mol. The van der Waals surface area contributed by atoms with E-state index in [-0.39, 0.29) is 42.9 Å². The van der Waals surface area contributed by atoms with E-state index in [2.05, 4.69) is 28.5 Å². The highest BCUT2D eigenvalue weighted by molar-refractivity contribution is 5.92. The van der Waals surface area contributed by atoms with Crippen LogP contribution < -0.4 is 21.0 Å². The third-order valence-electron chi connectivity index (χ3n) is 6.82. The van der Waals surface area contributed by atoms with Crippen molar-refractivity contribution < 1.29 is 24.9 Å². The highest BCUT2D eigenvalue weighted by Gasteiger charge is 2.26. The highest BCUT2D eigenvalue weighted by atomic mass is 19.1. The lowest BCUT2D eigenvalue weighted by Gasteiger charge is -2.12. The average Bonchev–Trinajstić information content (AvgIpc) is 3.56. The predicted molar refractivity (Wildman–Crippen MR) is 144 cm³/mol. The van der Waals surface area contributed by atoms with Gasteiger partial charge in [-0.25, -0.2) is 9.37 Å². The van der Waals surface area contributed by atoms with Gasteiger partial charge >= 0.3 is 5.97 Å². The minimum atomic E-state index is -0.687. The van der Waals surface area contributed by atoms with Gasteiger partial charge in [-0.05, 0) is 55.4 Å². The lowest BCUT2D eigenvalue weighted by Crippen LogP contribution is -2.38. The van der Waals surface area contributed by atoms with Crippen molar-refractivity contribution >= 4 is 17.5 Å². The number of ether oxygens (including phenoxy) is 2. The van der Waals surface area contributed by atoms with Gasteiger partial charge in [0.1, 0.15) is 11.3 Å². The number of hydrogen-bond acceptors (Lipinski definition) is 9. The van der Waals surface area contributed by atoms with Gasteiger partial charge in [0.05, 0.1) is 37.6 Å². The zero-order chi connectivity index (χ0) is 28.2. The highest BCUT2D eigenvalue weighted by Crippen LogP contribution is 2.40. The number of benzene rings is 1. The summed E-state index contributed by atoms with van der Waals surface area (Å²) in [6.45, 7) is 2.31. The third-order valence-corrected chi connectivity index (χ3v) is 6.82. The quantitative estimate of drug-likeness (QED) is 0.309. The fraction of sp³-hybridized carbons (Fsp3) is 0.357. The molecular weight excluding hydrogens is 517 g/mol. The number of hydrogen-bond donors (Lipinski definition) is 3. The molecule has 1 amide bonds. The number of aromatic nitrogens is 2. The molecule has 2 aliphatic rings. The zero-order valence-corrected chi connectivity index (χ0v) is 22.3. The smallest absolute Gasteiger partial charge is 0.306 e. The first-order valence-electron chi connectivity index (χ1n) is 13.1. The average molecular weight is 550 g/mol. The first-order valence-corrected chi connectivity index (χ1v) is 13.1. The lowest BCUT2D eigenvalue weighted by atomic mass is 10.1. The van der Waals surface area contributed by atoms with Crippen molar-refractivity contribution in [1.82, 2.24) is 30.7 Å². The van der Waals surface area contributed by atoms with Crippen LogP contribution in [0.4, 0.5) is 4.39 Å². The van der Waals surface area contributed by atoms with Crippen molar-refractivity contribution in [1.29, 1.82) is 5.26 Å². The molecule has 0 atom stereocenters. The Hall–Kier alpha value is -4.63. The van der Waals surface area contributed by atoms with Crippen LogP contribution in [0.2, 0.25) is 0 Å². The van der Waals surface area contributed by atoms with E-state index < -0.39 is 11.7 Å². The van der Waals surface area contributed by atoms with Gasteiger partial charge < -0.3 is 19.2 Å². The lowest BCUT2D eigenvalue weighted by molar-refractivity contribution is -0.143. The van der Waals surface area contributed by atoms with Gasteiger partial charge in [-0.1, -0.05) is 6.07 Å². The summed E-state index contributed by atoms with van der Waals surface area (Å²) >= 11 is 0. The first kappa shape index (κ1) is 27.0. The van der Waals surface area contributed by atoms with Crippen LogP contribution in [-0.2, 0) is 33.8 Å². The third kappa shape index (κ3) is 5.84. The number of pyridine rings is 1. The Morgan fingerprint density at radius 2 is 2.15 bits per heavy atom. The maximum atomic E-state index is 14.7. The Morgan fingerprint density at radius 3 is 2.88 bits per heavy atom. The molecule has 11 nitrogen and oxygen atoms in total. The number of esters is 1. The number of hydrazine groups is 2. The van der Waals surface area contributed by atoms with Crippen molar-refractivity contribution in [2.45, 2.75) is 51.6 Å². The molecule has 210 valence electrons. The van der Waals surface area contributed by atoms with Crippen molar-refractivity contribution in [3.05, 3.63) is 76.3 Å². The summed E-state index contributed by atoms with van der Waals surface area (Å²) in [6, 6.07) is 6.90. The summed E-state index contributed by atoms with van der Waals surface area (Å²) in [7, 11) is 1.33. The fourth-order valence-electron chi connectivity index (χ4n) is 4.64. The Kier molecular flexibility index (Phi) is 7.84. The molecule has 1 saturated carbocycles. The topological polar surface area (TPSA) is 133 Å². The molecule has 0 radical (unpaired) electrons. The number of halogens is 1. The number of fused-ring (bicyclic) bond motifs is 1. The largest absolute Gasteiger partial charge is 0.494 e. The van der Waals surface area contributed by atoms with Crippen molar-refractivity contribution in [2.75, 3.05) is 13.7 Å². The van der Waals surface area contributed by atoms with Crippen LogP contribution in [-0.4, -0.2) is 40.0 Å². The second-order valence-electron chi connectivity index (χ2n) is 9.65. The van der Waals surface area contributed by atoms with Crippen molar-refractivity contribution in [3.8, 4) is 11.8 Å². The maximum absolute atomic E-state index is 14.7. The fourth-order valence-corrected chi connectivity index (χ4v) is 4.64. The van der Waals surface area contributed by atoms with Crippen LogP contribution in [0.3, 0.4) is 0 Å². The van der Waals surface area contributed by atoms with Gasteiger partial charge in [-0.3, -0.25) is 20.0 Å². The van der Waals surface area contributed by atoms with E-state index in [4.69, 9.17) is 14.5 Å². The number of carbonyl (C=O) groups is 2. The van der Waals surface area contributed by atoms with E-state index in [1.54, 1.807) is 18.1 Å². The number of carbonyl (C=O) groups excluding carboxylic acids is 2. The molecule has 40 heavy (non-hydrogen) atoms. The molecule has 1 aliphatic heterocycles. The number of aryl methyl sites for hydroxylation is 1. The number of nitrogens with zero attached hydrogens (tertiary/aromatic N) is 4. The van der Waals surface area contributed by atoms with Crippen molar-refractivity contribution in [2.24, 2.45) is 0 Å². The van der Waals surface area contributed by atoms with E-state index in [0.29, 0.717) is 25.5 Å². The molecule has 0 spiro atoms. The minimum absolute atomic E-state index is 0. The first-order chi connectivity index (χ1) is 19.4. The van der Waals surface area contributed by atoms with E-state index in [1.807, 2.05) is 16.7 Å². The number of rotatable bonds is 11. The maximum Gasteiger partial charge on any atom is 0.306 e. The zero-order valence-electron chi connectivity index (χ0n) is 22.3. The molecule has 0 saturated heterocycles. The van der Waals surface area contributed by atoms with Gasteiger partial charge in [-0.2, -0.15) is 5.26 Å². The van der Waals surface area contributed by atoms with Crippen LogP contribution >= 0.6 is 0 Å². The summed E-state index contributed by atoms with van der Waals surface area (Å²) in [6.07, 6.45) is 8.76. The van der Waals surface area contributed by atoms with Crippen LogP contribution in [0.1, 0.15) is 61.5 Å². The summed E-state index contributed by atoms with van der Waals surface area (Å²) in [5.41, 5.74) is 9.88. The molecule has 3 aromatic rings. The molecule has 0 unspecified atom stereocenters. The van der Waals surface area contributed by atoms with Gasteiger partial charge in [0, 0.05) is 38.5 Å². The standard InChI is InChI=1S/C28H30FN7O4.H2/c1-3-40-25(37)9-7-18-10-20(17-4-5-17)13-35-14-21(32-27(18)35)15-36-16-23(33-34-36)28(38)31-12-22-19(11-30)6-8-24(39-2)26(22)29;/h6,8,10,13-14,16-17,33-34H,3-5,7,9,12,15H2,1-2H3,(H,31,38);1H. The number of imidazole rings is 1. The number of methoxy groups -OCH3 is 1. The summed E-state index contributed by atoms with van der Waals surface area (Å²) in [5.74, 6) is -0.861. The summed E-state index contributed by atoms with van der Waals surface area (Å²) in [4.78, 5) is 29.5. The Balaban J connectivity index is 0.00000387. The van der Waals surface area contributed by atoms with Crippen molar-refractivity contribution in [3.63, 3.8) is 0 Å².